The number of hydrogen-bond donors (Lipinski definition) is 0. The quantitative estimate of drug-likeness (QED) is 0.176. The fourth-order valence-electron chi connectivity index (χ4n) is 19.6. The highest BCUT2D eigenvalue weighted by Crippen LogP contribution is 2.67. The lowest BCUT2D eigenvalue weighted by atomic mass is 9.72. The minimum Gasteiger partial charge on any atom is -0.455 e. The van der Waals surface area contributed by atoms with E-state index in [0.717, 1.165) is 77.8 Å². The van der Waals surface area contributed by atoms with Gasteiger partial charge in [0.1, 0.15) is 33.5 Å². The van der Waals surface area contributed by atoms with Gasteiger partial charge in [0.25, 0.3) is 0 Å². The Morgan fingerprint density at radius 2 is 0.621 bits per heavy atom. The molecule has 4 nitrogen and oxygen atoms in total. The van der Waals surface area contributed by atoms with Crippen molar-refractivity contribution < 1.29 is 13.3 Å². The molecule has 95 heavy (non-hydrogen) atoms. The lowest BCUT2D eigenvalue weighted by Gasteiger charge is -2.33. The second-order valence-electron chi connectivity index (χ2n) is 30.6. The summed E-state index contributed by atoms with van der Waals surface area (Å²) in [5, 5.41) is 9.47. The molecule has 0 saturated heterocycles. The van der Waals surface area contributed by atoms with Crippen molar-refractivity contribution in [3.8, 4) is 66.8 Å². The van der Waals surface area contributed by atoms with Crippen LogP contribution in [0.3, 0.4) is 0 Å². The van der Waals surface area contributed by atoms with Crippen LogP contribution in [0.25, 0.3) is 143 Å². The zero-order valence-corrected chi connectivity index (χ0v) is 55.0. The van der Waals surface area contributed by atoms with Crippen LogP contribution >= 0.6 is 0 Å². The maximum absolute atomic E-state index is 7.14. The molecule has 0 saturated carbocycles. The second kappa shape index (κ2) is 17.6. The largest absolute Gasteiger partial charge is 0.455 e. The van der Waals surface area contributed by atoms with Gasteiger partial charge in [-0.25, -0.2) is 0 Å². The van der Waals surface area contributed by atoms with Gasteiger partial charge in [-0.2, -0.15) is 0 Å². The molecule has 0 amide bonds. The summed E-state index contributed by atoms with van der Waals surface area (Å²) in [6.45, 7) is 24.5. The summed E-state index contributed by atoms with van der Waals surface area (Å²) in [5.74, 6) is 0. The highest BCUT2D eigenvalue weighted by molar-refractivity contribution is 6.24. The minimum absolute atomic E-state index is 0.280. The third-order valence-corrected chi connectivity index (χ3v) is 23.9. The molecule has 0 bridgehead atoms. The van der Waals surface area contributed by atoms with E-state index in [1.165, 1.54) is 138 Å². The first-order valence-electron chi connectivity index (χ1n) is 33.9. The Kier molecular flexibility index (Phi) is 9.94. The number of fused-ring (bicyclic) bond motifs is 32. The molecule has 16 aromatic rings. The van der Waals surface area contributed by atoms with E-state index >= 15 is 0 Å². The van der Waals surface area contributed by atoms with Crippen molar-refractivity contribution >= 4 is 93.7 Å². The van der Waals surface area contributed by atoms with E-state index in [9.17, 15) is 0 Å². The summed E-state index contributed by atoms with van der Waals surface area (Å²) in [4.78, 5) is 2.58. The third-order valence-electron chi connectivity index (χ3n) is 23.9. The van der Waals surface area contributed by atoms with Crippen molar-refractivity contribution in [1.82, 2.24) is 0 Å². The van der Waals surface area contributed by atoms with E-state index < -0.39 is 16.2 Å². The molecule has 0 unspecified atom stereocenters. The van der Waals surface area contributed by atoms with Crippen LogP contribution in [0.15, 0.2) is 238 Å². The van der Waals surface area contributed by atoms with Gasteiger partial charge in [0, 0.05) is 93.1 Å². The molecule has 5 aliphatic rings. The lowest BCUT2D eigenvalue weighted by Crippen LogP contribution is -2.24. The van der Waals surface area contributed by atoms with Crippen LogP contribution in [0.5, 0.6) is 0 Å². The normalized spacial score (nSPS) is 16.3. The zero-order chi connectivity index (χ0) is 63.9. The molecule has 454 valence electrons. The highest BCUT2D eigenvalue weighted by Gasteiger charge is 2.51. The summed E-state index contributed by atoms with van der Waals surface area (Å²) in [7, 11) is 0. The number of nitrogens with zero attached hydrogens (tertiary/aromatic N) is 1. The molecule has 4 heteroatoms. The Morgan fingerprint density at radius 1 is 0.253 bits per heavy atom. The van der Waals surface area contributed by atoms with Crippen LogP contribution in [0.2, 0.25) is 0 Å². The molecule has 3 heterocycles. The second-order valence-corrected chi connectivity index (χ2v) is 30.6. The fourth-order valence-corrected chi connectivity index (χ4v) is 19.6. The highest BCUT2D eigenvalue weighted by atomic mass is 16.3. The Balaban J connectivity index is 0.811. The predicted molar refractivity (Wildman–Crippen MR) is 394 cm³/mol. The van der Waals surface area contributed by atoms with Gasteiger partial charge in [0.2, 0.25) is 0 Å². The van der Waals surface area contributed by atoms with Crippen LogP contribution in [-0.2, 0) is 27.1 Å². The number of hydrogen-bond acceptors (Lipinski definition) is 4. The average Bonchev–Trinajstić information content (AvgIpc) is 1.51. The number of anilines is 3. The molecule has 13 aromatic carbocycles. The van der Waals surface area contributed by atoms with Gasteiger partial charge in [0.15, 0.2) is 0 Å². The number of furan rings is 3. The fraction of sp³-hybridized carbons (Fsp3) is 0.165. The van der Waals surface area contributed by atoms with Crippen molar-refractivity contribution in [2.75, 3.05) is 4.90 Å². The van der Waals surface area contributed by atoms with E-state index in [1.54, 1.807) is 0 Å². The van der Waals surface area contributed by atoms with Gasteiger partial charge in [-0.15, -0.1) is 0 Å². The molecule has 3 aromatic heterocycles. The summed E-state index contributed by atoms with van der Waals surface area (Å²) in [5.41, 5.74) is 35.6. The number of benzene rings is 13. The van der Waals surface area contributed by atoms with E-state index in [2.05, 4.69) is 299 Å². The van der Waals surface area contributed by atoms with E-state index in [-0.39, 0.29) is 10.8 Å². The molecule has 0 aliphatic heterocycles. The zero-order valence-electron chi connectivity index (χ0n) is 55.0. The number of rotatable bonds is 4. The number of para-hydroxylation sites is 3. The SMILES string of the molecule is CC1(C)c2cc(N(c3ccc4c(c3)C(C)(C)c3c5c(c6oc7ccccc7c6c3-4)-c3ccccc3C5(C)C)c3ccc4c(c3)C(C)(C)c3c5c(c6oc7ccccc7c6c3-4)-c3ccccc3C5(C)C)ccc2-c2c1cc(-c1ccc3ccccc3c1)c1oc3ccccc3c21. The first-order valence-corrected chi connectivity index (χ1v) is 33.9. The standard InChI is InChI=1S/C91H67NO3/c1-87(2)65-44-51(37-40-56(65)72-68(87)47-62(50-36-35-48-23-11-12-24-49(48)43-50)84-75(72)59-27-15-20-32-69(59)93-84)92(52-38-41-57-66(45-52)90(7,8)80-73(57)76-60-28-16-21-33-70(60)94-85(76)78-54-25-13-18-30-63(54)88(3,4)82(78)80)53-39-42-58-67(46-53)91(9,10)81-74(58)77-61-29-17-22-34-71(61)95-86(77)79-55-26-14-19-31-64(55)89(5,6)83(79)81/h11-47H,1-10H3. The topological polar surface area (TPSA) is 42.7 Å². The summed E-state index contributed by atoms with van der Waals surface area (Å²) in [6, 6.07) is 84.3. The van der Waals surface area contributed by atoms with Crippen LogP contribution in [-0.4, -0.2) is 0 Å². The molecule has 0 radical (unpaired) electrons. The lowest BCUT2D eigenvalue weighted by molar-refractivity contribution is 0.600. The van der Waals surface area contributed by atoms with Gasteiger partial charge in [-0.3, -0.25) is 0 Å². The van der Waals surface area contributed by atoms with Crippen LogP contribution < -0.4 is 4.90 Å². The van der Waals surface area contributed by atoms with Crippen molar-refractivity contribution in [3.05, 3.63) is 280 Å². The smallest absolute Gasteiger partial charge is 0.144 e. The van der Waals surface area contributed by atoms with E-state index in [4.69, 9.17) is 13.3 Å². The molecular formula is C91H67NO3. The van der Waals surface area contributed by atoms with E-state index in [0.29, 0.717) is 0 Å². The molecule has 21 rings (SSSR count). The van der Waals surface area contributed by atoms with Crippen molar-refractivity contribution in [2.24, 2.45) is 0 Å². The van der Waals surface area contributed by atoms with Crippen molar-refractivity contribution in [1.29, 1.82) is 0 Å². The summed E-state index contributed by atoms with van der Waals surface area (Å²) in [6.07, 6.45) is 0. The Morgan fingerprint density at radius 3 is 1.12 bits per heavy atom. The van der Waals surface area contributed by atoms with E-state index in [1.807, 2.05) is 0 Å². The monoisotopic (exact) mass is 1220 g/mol. The Bertz CT molecular complexity index is 6010. The average molecular weight is 1220 g/mol. The van der Waals surface area contributed by atoms with Crippen LogP contribution in [0.1, 0.15) is 125 Å². The van der Waals surface area contributed by atoms with Crippen molar-refractivity contribution in [3.63, 3.8) is 0 Å². The molecule has 0 atom stereocenters. The first-order chi connectivity index (χ1) is 45.9. The first kappa shape index (κ1) is 53.8. The van der Waals surface area contributed by atoms with Crippen LogP contribution in [0.4, 0.5) is 17.1 Å². The molecule has 0 spiro atoms. The maximum Gasteiger partial charge on any atom is 0.144 e. The van der Waals surface area contributed by atoms with Gasteiger partial charge >= 0.3 is 0 Å². The Hall–Kier alpha value is -10.7. The maximum atomic E-state index is 7.14. The Labute approximate surface area is 551 Å². The van der Waals surface area contributed by atoms with Gasteiger partial charge in [0.05, 0.1) is 0 Å². The van der Waals surface area contributed by atoms with Gasteiger partial charge < -0.3 is 18.2 Å². The van der Waals surface area contributed by atoms with Crippen molar-refractivity contribution in [2.45, 2.75) is 96.3 Å². The molecular weight excluding hydrogens is 1160 g/mol. The van der Waals surface area contributed by atoms with Crippen LogP contribution in [0, 0.1) is 0 Å². The minimum atomic E-state index is -0.406. The molecule has 0 N–H and O–H groups in total. The molecule has 0 fully saturated rings. The summed E-state index contributed by atoms with van der Waals surface area (Å²) >= 11 is 0. The molecule has 5 aliphatic carbocycles. The van der Waals surface area contributed by atoms with Gasteiger partial charge in [-0.05, 0) is 183 Å². The van der Waals surface area contributed by atoms with Gasteiger partial charge in [-0.1, -0.05) is 227 Å². The summed E-state index contributed by atoms with van der Waals surface area (Å²) < 4.78 is 21.3. The predicted octanol–water partition coefficient (Wildman–Crippen LogP) is 25.2. The third kappa shape index (κ3) is 6.49.